The lowest BCUT2D eigenvalue weighted by Crippen LogP contribution is -2.17. The molecule has 0 radical (unpaired) electrons. The van der Waals surface area contributed by atoms with E-state index in [9.17, 15) is 14.9 Å². The summed E-state index contributed by atoms with van der Waals surface area (Å²) in [7, 11) is 0. The largest absolute Gasteiger partial charge is 0.434 e. The monoisotopic (exact) mass is 396 g/mol. The van der Waals surface area contributed by atoms with E-state index in [0.29, 0.717) is 5.69 Å². The van der Waals surface area contributed by atoms with Crippen molar-refractivity contribution in [2.24, 2.45) is 0 Å². The summed E-state index contributed by atoms with van der Waals surface area (Å²) in [5, 5.41) is 19.0. The van der Waals surface area contributed by atoms with Gasteiger partial charge in [0.15, 0.2) is 5.78 Å². The van der Waals surface area contributed by atoms with E-state index in [1.54, 1.807) is 6.20 Å². The van der Waals surface area contributed by atoms with Crippen molar-refractivity contribution in [3.8, 4) is 11.3 Å². The molecule has 0 saturated heterocycles. The van der Waals surface area contributed by atoms with Crippen LogP contribution in [0.4, 0.5) is 5.95 Å². The van der Waals surface area contributed by atoms with E-state index in [1.165, 1.54) is 52.9 Å². The first kappa shape index (κ1) is 20.4. The van der Waals surface area contributed by atoms with Gasteiger partial charge in [0.2, 0.25) is 0 Å². The van der Waals surface area contributed by atoms with Gasteiger partial charge in [-0.15, -0.1) is 5.10 Å². The highest BCUT2D eigenvalue weighted by Gasteiger charge is 2.17. The number of hydrogen-bond donors (Lipinski definition) is 0. The van der Waals surface area contributed by atoms with Crippen LogP contribution in [0.15, 0.2) is 42.9 Å². The Balaban J connectivity index is 1.56. The van der Waals surface area contributed by atoms with Crippen molar-refractivity contribution in [1.82, 2.24) is 24.5 Å². The number of nitro groups is 1. The summed E-state index contributed by atoms with van der Waals surface area (Å²) >= 11 is 0. The van der Waals surface area contributed by atoms with Crippen molar-refractivity contribution in [3.05, 3.63) is 58.5 Å². The average Bonchev–Trinajstić information content (AvgIpc) is 3.35. The first-order valence-electron chi connectivity index (χ1n) is 9.73. The Bertz CT molecular complexity index is 961. The molecule has 9 heteroatoms. The van der Waals surface area contributed by atoms with Crippen LogP contribution in [-0.2, 0) is 24.3 Å². The third-order valence-electron chi connectivity index (χ3n) is 4.65. The minimum Gasteiger partial charge on any atom is -0.390 e. The molecular weight excluding hydrogens is 372 g/mol. The molecule has 0 amide bonds. The van der Waals surface area contributed by atoms with E-state index in [0.717, 1.165) is 12.0 Å². The predicted octanol–water partition coefficient (Wildman–Crippen LogP) is 3.44. The summed E-state index contributed by atoms with van der Waals surface area (Å²) in [5.41, 5.74) is 2.92. The summed E-state index contributed by atoms with van der Waals surface area (Å²) < 4.78 is 2.65. The van der Waals surface area contributed by atoms with Crippen LogP contribution in [0.25, 0.3) is 11.3 Å². The van der Waals surface area contributed by atoms with Gasteiger partial charge in [0, 0.05) is 5.56 Å². The van der Waals surface area contributed by atoms with Gasteiger partial charge in [-0.3, -0.25) is 4.79 Å². The molecule has 2 aromatic heterocycles. The number of aromatic nitrogens is 5. The maximum atomic E-state index is 12.2. The minimum absolute atomic E-state index is 0.0160. The van der Waals surface area contributed by atoms with Crippen LogP contribution in [0, 0.1) is 10.1 Å². The van der Waals surface area contributed by atoms with E-state index in [-0.39, 0.29) is 24.8 Å². The first-order chi connectivity index (χ1) is 14.1. The average molecular weight is 396 g/mol. The Hall–Kier alpha value is -3.36. The highest BCUT2D eigenvalue weighted by molar-refractivity contribution is 5.78. The van der Waals surface area contributed by atoms with Crippen LogP contribution in [0.1, 0.15) is 38.2 Å². The Morgan fingerprint density at radius 3 is 2.66 bits per heavy atom. The van der Waals surface area contributed by atoms with Gasteiger partial charge in [0.25, 0.3) is 0 Å². The van der Waals surface area contributed by atoms with E-state index in [4.69, 9.17) is 0 Å². The second-order valence-corrected chi connectivity index (χ2v) is 6.96. The first-order valence-corrected chi connectivity index (χ1v) is 9.73. The number of carbonyl (C=O) groups is 1. The summed E-state index contributed by atoms with van der Waals surface area (Å²) in [4.78, 5) is 26.1. The molecule has 0 spiro atoms. The fraction of sp³-hybridized carbons (Fsp3) is 0.400. The van der Waals surface area contributed by atoms with E-state index in [1.807, 2.05) is 12.1 Å². The van der Waals surface area contributed by atoms with Gasteiger partial charge in [-0.05, 0) is 23.3 Å². The van der Waals surface area contributed by atoms with Crippen molar-refractivity contribution in [2.45, 2.75) is 52.1 Å². The Kier molecular flexibility index (Phi) is 6.83. The number of aryl methyl sites for hydroxylation is 1. The molecule has 0 aliphatic rings. The molecule has 3 aromatic rings. The zero-order chi connectivity index (χ0) is 20.6. The van der Waals surface area contributed by atoms with Gasteiger partial charge in [-0.1, -0.05) is 60.6 Å². The summed E-state index contributed by atoms with van der Waals surface area (Å²) in [6.45, 7) is 2.05. The number of imidazole rings is 1. The van der Waals surface area contributed by atoms with E-state index >= 15 is 0 Å². The Morgan fingerprint density at radius 2 is 1.93 bits per heavy atom. The zero-order valence-electron chi connectivity index (χ0n) is 16.4. The zero-order valence-corrected chi connectivity index (χ0v) is 16.4. The Labute approximate surface area is 168 Å². The number of carbonyl (C=O) groups excluding carboxylic acids is 1. The lowest BCUT2D eigenvalue weighted by Gasteiger charge is -2.03. The third kappa shape index (κ3) is 5.56. The third-order valence-corrected chi connectivity index (χ3v) is 4.65. The Morgan fingerprint density at radius 1 is 1.14 bits per heavy atom. The number of rotatable bonds is 11. The molecule has 0 unspecified atom stereocenters. The molecule has 152 valence electrons. The van der Waals surface area contributed by atoms with Crippen molar-refractivity contribution < 1.29 is 9.72 Å². The number of unbranched alkanes of at least 4 members (excludes halogenated alkanes) is 3. The van der Waals surface area contributed by atoms with Crippen LogP contribution >= 0.6 is 0 Å². The van der Waals surface area contributed by atoms with Gasteiger partial charge in [-0.25, -0.2) is 9.25 Å². The fourth-order valence-corrected chi connectivity index (χ4v) is 3.12. The summed E-state index contributed by atoms with van der Waals surface area (Å²) in [6, 6.07) is 8.23. The fourth-order valence-electron chi connectivity index (χ4n) is 3.12. The number of benzene rings is 1. The predicted molar refractivity (Wildman–Crippen MR) is 107 cm³/mol. The highest BCUT2D eigenvalue weighted by atomic mass is 16.6. The molecule has 2 heterocycles. The summed E-state index contributed by atoms with van der Waals surface area (Å²) in [5.74, 6) is -0.586. The number of ketones is 1. The quantitative estimate of drug-likeness (QED) is 0.279. The van der Waals surface area contributed by atoms with Crippen LogP contribution in [0.3, 0.4) is 0 Å². The minimum atomic E-state index is -0.617. The number of Topliss-reactive ketones (excluding diaryl/α,β-unsaturated/α-hetero) is 1. The molecule has 0 fully saturated rings. The SMILES string of the molecule is CCCCCCc1ccc(-c2cn(CC(=O)Cn3ccnc3[N+](=O)[O-])nn2)cc1. The van der Waals surface area contributed by atoms with Crippen LogP contribution in [0.5, 0.6) is 0 Å². The molecule has 0 bridgehead atoms. The van der Waals surface area contributed by atoms with Gasteiger partial charge >= 0.3 is 5.95 Å². The maximum Gasteiger partial charge on any atom is 0.434 e. The normalized spacial score (nSPS) is 10.9. The standard InChI is InChI=1S/C20H24N6O3/c1-2-3-4-5-6-16-7-9-17(10-8-16)19-15-25(23-22-19)14-18(27)13-24-12-11-21-20(24)26(28)29/h7-12,15H,2-6,13-14H2,1H3. The number of nitrogens with zero attached hydrogens (tertiary/aromatic N) is 6. The number of hydrogen-bond acceptors (Lipinski definition) is 6. The van der Waals surface area contributed by atoms with Gasteiger partial charge in [0.1, 0.15) is 31.2 Å². The molecule has 0 aliphatic heterocycles. The van der Waals surface area contributed by atoms with Gasteiger partial charge in [0.05, 0.1) is 6.20 Å². The van der Waals surface area contributed by atoms with Gasteiger partial charge < -0.3 is 10.1 Å². The topological polar surface area (TPSA) is 109 Å². The highest BCUT2D eigenvalue weighted by Crippen LogP contribution is 2.18. The van der Waals surface area contributed by atoms with Crippen molar-refractivity contribution >= 4 is 11.7 Å². The molecule has 0 atom stereocenters. The second-order valence-electron chi connectivity index (χ2n) is 6.96. The van der Waals surface area contributed by atoms with E-state index in [2.05, 4.69) is 34.4 Å². The smallest absolute Gasteiger partial charge is 0.390 e. The molecular formula is C20H24N6O3. The molecule has 9 nitrogen and oxygen atoms in total. The van der Waals surface area contributed by atoms with Crippen molar-refractivity contribution in [2.75, 3.05) is 0 Å². The maximum absolute atomic E-state index is 12.2. The molecule has 3 rings (SSSR count). The lowest BCUT2D eigenvalue weighted by molar-refractivity contribution is -0.396. The molecule has 1 aromatic carbocycles. The summed E-state index contributed by atoms with van der Waals surface area (Å²) in [6.07, 6.45) is 10.4. The van der Waals surface area contributed by atoms with Crippen LogP contribution < -0.4 is 0 Å². The molecule has 0 aliphatic carbocycles. The molecule has 0 N–H and O–H groups in total. The van der Waals surface area contributed by atoms with Crippen LogP contribution in [0.2, 0.25) is 0 Å². The van der Waals surface area contributed by atoms with Crippen molar-refractivity contribution in [3.63, 3.8) is 0 Å². The lowest BCUT2D eigenvalue weighted by atomic mass is 10.0. The van der Waals surface area contributed by atoms with Crippen LogP contribution in [-0.4, -0.2) is 35.3 Å². The molecule has 29 heavy (non-hydrogen) atoms. The molecule has 0 saturated carbocycles. The van der Waals surface area contributed by atoms with Gasteiger partial charge in [-0.2, -0.15) is 0 Å². The second kappa shape index (κ2) is 9.72. The van der Waals surface area contributed by atoms with E-state index < -0.39 is 4.92 Å². The van der Waals surface area contributed by atoms with Crippen molar-refractivity contribution in [1.29, 1.82) is 0 Å².